The molecule has 130 valence electrons. The lowest BCUT2D eigenvalue weighted by Crippen LogP contribution is -2.26. The second-order valence-electron chi connectivity index (χ2n) is 5.85. The molecule has 0 aliphatic carbocycles. The van der Waals surface area contributed by atoms with Crippen LogP contribution >= 0.6 is 0 Å². The van der Waals surface area contributed by atoms with Crippen LogP contribution in [0.3, 0.4) is 0 Å². The second kappa shape index (κ2) is 8.39. The Balaban J connectivity index is 2.18. The molecule has 0 aliphatic rings. The van der Waals surface area contributed by atoms with Crippen molar-refractivity contribution in [2.45, 2.75) is 18.0 Å². The Morgan fingerprint density at radius 1 is 0.917 bits per heavy atom. The van der Waals surface area contributed by atoms with Crippen LogP contribution in [0.5, 0.6) is 0 Å². The van der Waals surface area contributed by atoms with Crippen molar-refractivity contribution in [3.8, 4) is 0 Å². The molecule has 2 aromatic rings. The van der Waals surface area contributed by atoms with Crippen LogP contribution in [0.1, 0.15) is 11.1 Å². The molecule has 2 rings (SSSR count). The van der Waals surface area contributed by atoms with Gasteiger partial charge in [0.15, 0.2) is 0 Å². The Labute approximate surface area is 144 Å². The maximum atomic E-state index is 12.3. The van der Waals surface area contributed by atoms with Crippen LogP contribution in [0.4, 0.5) is 0 Å². The highest BCUT2D eigenvalue weighted by Crippen LogP contribution is 2.17. The maximum absolute atomic E-state index is 12.3. The van der Waals surface area contributed by atoms with Gasteiger partial charge in [0.1, 0.15) is 0 Å². The molecule has 0 atom stereocenters. The summed E-state index contributed by atoms with van der Waals surface area (Å²) >= 11 is 0. The normalized spacial score (nSPS) is 12.0. The molecule has 1 N–H and O–H groups in total. The fraction of sp³-hybridized carbons (Fsp3) is 0.333. The molecule has 0 radical (unpaired) electrons. The van der Waals surface area contributed by atoms with Gasteiger partial charge in [-0.05, 0) is 23.3 Å². The van der Waals surface area contributed by atoms with E-state index < -0.39 is 10.0 Å². The predicted octanol–water partition coefficient (Wildman–Crippen LogP) is 1.93. The molecule has 0 unspecified atom stereocenters. The smallest absolute Gasteiger partial charge is 0.242 e. The third kappa shape index (κ3) is 4.88. The molecule has 0 fully saturated rings. The summed E-state index contributed by atoms with van der Waals surface area (Å²) < 4.78 is 25.7. The Kier molecular flexibility index (Phi) is 6.51. The van der Waals surface area contributed by atoms with Crippen molar-refractivity contribution >= 4 is 10.0 Å². The van der Waals surface area contributed by atoms with Crippen molar-refractivity contribution in [1.82, 2.24) is 9.21 Å². The summed E-state index contributed by atoms with van der Waals surface area (Å²) in [4.78, 5) is 2.38. The molecule has 2 aromatic carbocycles. The van der Waals surface area contributed by atoms with E-state index in [1.54, 1.807) is 18.2 Å². The highest BCUT2D eigenvalue weighted by Gasteiger charge is 2.17. The van der Waals surface area contributed by atoms with E-state index in [0.29, 0.717) is 19.6 Å². The van der Waals surface area contributed by atoms with E-state index in [-0.39, 0.29) is 11.5 Å². The summed E-state index contributed by atoms with van der Waals surface area (Å²) in [6.45, 7) is 1.86. The minimum atomic E-state index is -3.44. The molecule has 0 aliphatic heterocycles. The van der Waals surface area contributed by atoms with Gasteiger partial charge in [-0.2, -0.15) is 0 Å². The molecule has 0 bridgehead atoms. The molecule has 5 nitrogen and oxygen atoms in total. The summed E-state index contributed by atoms with van der Waals surface area (Å²) in [7, 11) is -0.394. The van der Waals surface area contributed by atoms with Gasteiger partial charge in [-0.1, -0.05) is 42.5 Å². The molecule has 6 heteroatoms. The first kappa shape index (κ1) is 18.6. The van der Waals surface area contributed by atoms with E-state index in [0.717, 1.165) is 11.1 Å². The minimum Gasteiger partial charge on any atom is -0.395 e. The van der Waals surface area contributed by atoms with Gasteiger partial charge in [0.2, 0.25) is 10.0 Å². The van der Waals surface area contributed by atoms with E-state index in [9.17, 15) is 13.5 Å². The largest absolute Gasteiger partial charge is 0.395 e. The number of rotatable bonds is 8. The van der Waals surface area contributed by atoms with Crippen LogP contribution in [0, 0.1) is 0 Å². The van der Waals surface area contributed by atoms with E-state index in [2.05, 4.69) is 4.90 Å². The van der Waals surface area contributed by atoms with E-state index in [1.165, 1.54) is 18.4 Å². The van der Waals surface area contributed by atoms with Crippen LogP contribution in [0.15, 0.2) is 59.5 Å². The zero-order chi connectivity index (χ0) is 17.6. The number of hydrogen-bond donors (Lipinski definition) is 1. The van der Waals surface area contributed by atoms with Gasteiger partial charge in [-0.15, -0.1) is 0 Å². The first-order chi connectivity index (χ1) is 11.4. The van der Waals surface area contributed by atoms with Crippen molar-refractivity contribution < 1.29 is 13.5 Å². The molecular weight excluding hydrogens is 324 g/mol. The average molecular weight is 348 g/mol. The van der Waals surface area contributed by atoms with Gasteiger partial charge in [0, 0.05) is 33.7 Å². The lowest BCUT2D eigenvalue weighted by atomic mass is 10.1. The van der Waals surface area contributed by atoms with Gasteiger partial charge in [-0.25, -0.2) is 12.7 Å². The molecule has 0 heterocycles. The van der Waals surface area contributed by atoms with Gasteiger partial charge in [0.25, 0.3) is 0 Å². The Bertz CT molecular complexity index is 746. The van der Waals surface area contributed by atoms with Crippen LogP contribution in [-0.2, 0) is 23.1 Å². The lowest BCUT2D eigenvalue weighted by Gasteiger charge is -2.22. The molecule has 0 saturated heterocycles. The highest BCUT2D eigenvalue weighted by molar-refractivity contribution is 7.89. The summed E-state index contributed by atoms with van der Waals surface area (Å²) in [6.07, 6.45) is 0. The van der Waals surface area contributed by atoms with Crippen molar-refractivity contribution in [2.24, 2.45) is 0 Å². The number of hydrogen-bond acceptors (Lipinski definition) is 4. The summed E-state index contributed by atoms with van der Waals surface area (Å²) in [5.41, 5.74) is 2.06. The fourth-order valence-electron chi connectivity index (χ4n) is 2.47. The maximum Gasteiger partial charge on any atom is 0.242 e. The molecule has 0 aromatic heterocycles. The Morgan fingerprint density at radius 2 is 1.54 bits per heavy atom. The minimum absolute atomic E-state index is 0.0581. The number of aliphatic hydroxyl groups is 1. The van der Waals surface area contributed by atoms with Gasteiger partial charge in [-0.3, -0.25) is 4.90 Å². The van der Waals surface area contributed by atoms with Gasteiger partial charge >= 0.3 is 0 Å². The third-order valence-electron chi connectivity index (χ3n) is 3.75. The van der Waals surface area contributed by atoms with Crippen LogP contribution in [0.2, 0.25) is 0 Å². The van der Waals surface area contributed by atoms with Crippen molar-refractivity contribution in [3.05, 3.63) is 65.7 Å². The molecule has 24 heavy (non-hydrogen) atoms. The third-order valence-corrected chi connectivity index (χ3v) is 5.56. The summed E-state index contributed by atoms with van der Waals surface area (Å²) in [5, 5.41) is 9.31. The Hall–Kier alpha value is -1.73. The standard InChI is InChI=1S/C18H24N2O3S/c1-19(2)24(22,23)18-10-6-9-17(13-18)15-20(11-12-21)14-16-7-4-3-5-8-16/h3-10,13,21H,11-12,14-15H2,1-2H3. The summed E-state index contributed by atoms with van der Waals surface area (Å²) in [6, 6.07) is 17.0. The van der Waals surface area contributed by atoms with Crippen molar-refractivity contribution in [1.29, 1.82) is 0 Å². The number of sulfonamides is 1. The quantitative estimate of drug-likeness (QED) is 0.792. The molecule has 0 spiro atoms. The first-order valence-electron chi connectivity index (χ1n) is 7.82. The lowest BCUT2D eigenvalue weighted by molar-refractivity contribution is 0.184. The van der Waals surface area contributed by atoms with Crippen molar-refractivity contribution in [2.75, 3.05) is 27.2 Å². The highest BCUT2D eigenvalue weighted by atomic mass is 32.2. The number of nitrogens with zero attached hydrogens (tertiary/aromatic N) is 2. The molecule has 0 saturated carbocycles. The van der Waals surface area contributed by atoms with Crippen LogP contribution < -0.4 is 0 Å². The van der Waals surface area contributed by atoms with E-state index >= 15 is 0 Å². The second-order valence-corrected chi connectivity index (χ2v) is 8.01. The zero-order valence-corrected chi connectivity index (χ0v) is 14.9. The van der Waals surface area contributed by atoms with Crippen molar-refractivity contribution in [3.63, 3.8) is 0 Å². The fourth-order valence-corrected chi connectivity index (χ4v) is 3.44. The average Bonchev–Trinajstić information content (AvgIpc) is 2.56. The van der Waals surface area contributed by atoms with Crippen LogP contribution in [0.25, 0.3) is 0 Å². The van der Waals surface area contributed by atoms with Gasteiger partial charge < -0.3 is 5.11 Å². The zero-order valence-electron chi connectivity index (χ0n) is 14.1. The number of aliphatic hydroxyl groups excluding tert-OH is 1. The van der Waals surface area contributed by atoms with E-state index in [4.69, 9.17) is 0 Å². The van der Waals surface area contributed by atoms with Gasteiger partial charge in [0.05, 0.1) is 11.5 Å². The first-order valence-corrected chi connectivity index (χ1v) is 9.26. The number of benzene rings is 2. The monoisotopic (exact) mass is 348 g/mol. The summed E-state index contributed by atoms with van der Waals surface area (Å²) in [5.74, 6) is 0. The molecule has 0 amide bonds. The molecular formula is C18H24N2O3S. The topological polar surface area (TPSA) is 60.9 Å². The van der Waals surface area contributed by atoms with E-state index in [1.807, 2.05) is 36.4 Å². The predicted molar refractivity (Wildman–Crippen MR) is 95.0 cm³/mol. The Morgan fingerprint density at radius 3 is 2.17 bits per heavy atom. The SMILES string of the molecule is CN(C)S(=O)(=O)c1cccc(CN(CCO)Cc2ccccc2)c1. The van der Waals surface area contributed by atoms with Crippen LogP contribution in [-0.4, -0.2) is 50.0 Å².